The van der Waals surface area contributed by atoms with E-state index in [-0.39, 0.29) is 11.9 Å². The third-order valence-electron chi connectivity index (χ3n) is 5.59. The second-order valence-electron chi connectivity index (χ2n) is 7.35. The van der Waals surface area contributed by atoms with Crippen LogP contribution in [0.1, 0.15) is 29.0 Å². The third-order valence-corrected chi connectivity index (χ3v) is 6.23. The Hall–Kier alpha value is -2.25. The number of thiazole rings is 1. The van der Waals surface area contributed by atoms with Crippen molar-refractivity contribution >= 4 is 28.1 Å². The van der Waals surface area contributed by atoms with Crippen LogP contribution in [0.2, 0.25) is 0 Å². The molecule has 6 rings (SSSR count). The second-order valence-corrected chi connectivity index (χ2v) is 8.07. The first-order valence-electron chi connectivity index (χ1n) is 9.11. The molecule has 26 heavy (non-hydrogen) atoms. The van der Waals surface area contributed by atoms with Crippen molar-refractivity contribution in [2.75, 3.05) is 19.6 Å². The van der Waals surface area contributed by atoms with Crippen molar-refractivity contribution in [2.45, 2.75) is 25.4 Å². The number of nitrogens with one attached hydrogen (secondary N) is 1. The van der Waals surface area contributed by atoms with Crippen LogP contribution in [0.5, 0.6) is 0 Å². The van der Waals surface area contributed by atoms with Crippen LogP contribution in [0.15, 0.2) is 35.2 Å². The summed E-state index contributed by atoms with van der Waals surface area (Å²) >= 11 is 1.64. The fourth-order valence-corrected chi connectivity index (χ4v) is 4.91. The molecule has 3 aromatic rings. The van der Waals surface area contributed by atoms with Gasteiger partial charge in [0.15, 0.2) is 5.69 Å². The van der Waals surface area contributed by atoms with E-state index in [2.05, 4.69) is 30.4 Å². The number of para-hydroxylation sites is 1. The molecule has 3 saturated heterocycles. The van der Waals surface area contributed by atoms with Crippen LogP contribution in [0.4, 0.5) is 0 Å². The lowest BCUT2D eigenvalue weighted by molar-refractivity contribution is 0.0580. The Bertz CT molecular complexity index is 921. The second kappa shape index (κ2) is 6.48. The minimum absolute atomic E-state index is 0.0626. The van der Waals surface area contributed by atoms with Gasteiger partial charge in [-0.1, -0.05) is 18.2 Å². The number of rotatable bonds is 3. The van der Waals surface area contributed by atoms with E-state index in [1.807, 2.05) is 29.8 Å². The van der Waals surface area contributed by atoms with Crippen LogP contribution in [0, 0.1) is 5.92 Å². The van der Waals surface area contributed by atoms with Crippen LogP contribution in [-0.4, -0.2) is 56.6 Å². The van der Waals surface area contributed by atoms with E-state index in [4.69, 9.17) is 0 Å². The quantitative estimate of drug-likeness (QED) is 0.773. The smallest absolute Gasteiger partial charge is 0.275 e. The predicted octanol–water partition coefficient (Wildman–Crippen LogP) is 2.76. The molecule has 3 aliphatic rings. The maximum Gasteiger partial charge on any atom is 0.275 e. The Kier molecular flexibility index (Phi) is 3.98. The topological polar surface area (TPSA) is 65.1 Å². The molecule has 0 aliphatic carbocycles. The number of aromatic amines is 1. The monoisotopic (exact) mass is 367 g/mol. The number of nitrogens with zero attached hydrogens (tertiary/aromatic N) is 4. The first-order chi connectivity index (χ1) is 12.8. The molecule has 3 aliphatic heterocycles. The van der Waals surface area contributed by atoms with E-state index in [0.717, 1.165) is 49.2 Å². The summed E-state index contributed by atoms with van der Waals surface area (Å²) in [6.45, 7) is 3.67. The van der Waals surface area contributed by atoms with Gasteiger partial charge in [-0.25, -0.2) is 4.98 Å². The van der Waals surface area contributed by atoms with E-state index in [9.17, 15) is 4.79 Å². The highest BCUT2D eigenvalue weighted by Crippen LogP contribution is 2.30. The molecule has 1 amide bonds. The van der Waals surface area contributed by atoms with Crippen molar-refractivity contribution in [2.24, 2.45) is 5.92 Å². The molecular formula is C19H21N5OS. The van der Waals surface area contributed by atoms with Crippen molar-refractivity contribution in [3.63, 3.8) is 0 Å². The molecule has 134 valence electrons. The maximum atomic E-state index is 13.3. The number of amides is 1. The van der Waals surface area contributed by atoms with Gasteiger partial charge in [0.25, 0.3) is 5.91 Å². The molecule has 2 bridgehead atoms. The molecule has 3 fully saturated rings. The predicted molar refractivity (Wildman–Crippen MR) is 101 cm³/mol. The highest BCUT2D eigenvalue weighted by Gasteiger charge is 2.38. The Labute approximate surface area is 155 Å². The zero-order chi connectivity index (χ0) is 17.5. The number of piperidine rings is 1. The summed E-state index contributed by atoms with van der Waals surface area (Å²) in [7, 11) is 0. The molecule has 5 heterocycles. The number of hydrogen-bond acceptors (Lipinski definition) is 5. The third kappa shape index (κ3) is 2.81. The number of H-pyrrole nitrogens is 1. The molecule has 1 aromatic carbocycles. The summed E-state index contributed by atoms with van der Waals surface area (Å²) in [5.41, 5.74) is 4.49. The molecular weight excluding hydrogens is 346 g/mol. The minimum atomic E-state index is 0.0626. The minimum Gasteiger partial charge on any atom is -0.333 e. The van der Waals surface area contributed by atoms with E-state index in [1.165, 1.54) is 6.42 Å². The van der Waals surface area contributed by atoms with Crippen molar-refractivity contribution in [3.8, 4) is 0 Å². The summed E-state index contributed by atoms with van der Waals surface area (Å²) in [6.07, 6.45) is 2.27. The normalized spacial score (nSPS) is 23.5. The van der Waals surface area contributed by atoms with Crippen molar-refractivity contribution in [1.82, 2.24) is 25.0 Å². The van der Waals surface area contributed by atoms with Crippen LogP contribution >= 0.6 is 11.3 Å². The molecule has 0 unspecified atom stereocenters. The summed E-state index contributed by atoms with van der Waals surface area (Å²) in [6, 6.07) is 8.10. The van der Waals surface area contributed by atoms with Gasteiger partial charge in [-0.15, -0.1) is 11.3 Å². The standard InChI is InChI=1S/C19H21N5OS/c25-19(18-16-3-1-2-4-17(16)21-22-18)24-8-13-5-6-15(24)10-23(7-13)9-14-11-26-12-20-14/h1-4,11-13,15H,5-10H2,(H,21,22)/t13-,15+/m0/s1. The van der Waals surface area contributed by atoms with Gasteiger partial charge in [0.1, 0.15) is 0 Å². The fourth-order valence-electron chi connectivity index (χ4n) is 4.36. The summed E-state index contributed by atoms with van der Waals surface area (Å²) in [5, 5.41) is 10.3. The largest absolute Gasteiger partial charge is 0.333 e. The Balaban J connectivity index is 1.39. The average molecular weight is 367 g/mol. The Morgan fingerprint density at radius 1 is 1.23 bits per heavy atom. The van der Waals surface area contributed by atoms with Gasteiger partial charge in [-0.2, -0.15) is 5.10 Å². The summed E-state index contributed by atoms with van der Waals surface area (Å²) in [5.74, 6) is 0.592. The number of aromatic nitrogens is 3. The van der Waals surface area contributed by atoms with E-state index < -0.39 is 0 Å². The van der Waals surface area contributed by atoms with Gasteiger partial charge in [0, 0.05) is 43.0 Å². The molecule has 7 heteroatoms. The fraction of sp³-hybridized carbons (Fsp3) is 0.421. The number of fused-ring (bicyclic) bond motifs is 5. The van der Waals surface area contributed by atoms with Crippen LogP contribution in [0.3, 0.4) is 0 Å². The first kappa shape index (κ1) is 16.0. The maximum absolute atomic E-state index is 13.3. The number of carbonyl (C=O) groups excluding carboxylic acids is 1. The van der Waals surface area contributed by atoms with Crippen molar-refractivity contribution < 1.29 is 4.79 Å². The Morgan fingerprint density at radius 3 is 3.04 bits per heavy atom. The lowest BCUT2D eigenvalue weighted by atomic mass is 9.94. The first-order valence-corrected chi connectivity index (χ1v) is 10.1. The summed E-state index contributed by atoms with van der Waals surface area (Å²) in [4.78, 5) is 22.2. The van der Waals surface area contributed by atoms with E-state index in [1.54, 1.807) is 11.3 Å². The van der Waals surface area contributed by atoms with Gasteiger partial charge in [0.05, 0.1) is 16.7 Å². The van der Waals surface area contributed by atoms with Crippen LogP contribution < -0.4 is 0 Å². The number of benzene rings is 1. The molecule has 1 N–H and O–H groups in total. The van der Waals surface area contributed by atoms with E-state index >= 15 is 0 Å². The lowest BCUT2D eigenvalue weighted by Gasteiger charge is -2.35. The zero-order valence-electron chi connectivity index (χ0n) is 14.5. The zero-order valence-corrected chi connectivity index (χ0v) is 15.3. The number of hydrogen-bond donors (Lipinski definition) is 1. The van der Waals surface area contributed by atoms with Crippen molar-refractivity contribution in [1.29, 1.82) is 0 Å². The van der Waals surface area contributed by atoms with Crippen LogP contribution in [0.25, 0.3) is 10.9 Å². The van der Waals surface area contributed by atoms with Gasteiger partial charge in [-0.3, -0.25) is 14.8 Å². The molecule has 0 spiro atoms. The van der Waals surface area contributed by atoms with Crippen LogP contribution in [-0.2, 0) is 6.54 Å². The molecule has 6 nitrogen and oxygen atoms in total. The Morgan fingerprint density at radius 2 is 2.15 bits per heavy atom. The SMILES string of the molecule is O=C(c1n[nH]c2ccccc12)N1C[C@H]2CC[C@@H]1CN(Cc1cscn1)C2. The molecule has 0 saturated carbocycles. The molecule has 0 radical (unpaired) electrons. The van der Waals surface area contributed by atoms with Gasteiger partial charge < -0.3 is 4.90 Å². The van der Waals surface area contributed by atoms with Gasteiger partial charge >= 0.3 is 0 Å². The summed E-state index contributed by atoms with van der Waals surface area (Å²) < 4.78 is 0. The molecule has 2 aromatic heterocycles. The van der Waals surface area contributed by atoms with E-state index in [0.29, 0.717) is 11.6 Å². The molecule has 2 atom stereocenters. The average Bonchev–Trinajstić information content (AvgIpc) is 3.24. The van der Waals surface area contributed by atoms with Crippen molar-refractivity contribution in [3.05, 3.63) is 46.5 Å². The van der Waals surface area contributed by atoms with Gasteiger partial charge in [0.2, 0.25) is 0 Å². The number of carbonyl (C=O) groups is 1. The van der Waals surface area contributed by atoms with Gasteiger partial charge in [-0.05, 0) is 24.8 Å². The lowest BCUT2D eigenvalue weighted by Crippen LogP contribution is -2.47. The highest BCUT2D eigenvalue weighted by atomic mass is 32.1. The highest BCUT2D eigenvalue weighted by molar-refractivity contribution is 7.07.